The van der Waals surface area contributed by atoms with Gasteiger partial charge in [-0.15, -0.1) is 16.4 Å². The van der Waals surface area contributed by atoms with E-state index in [9.17, 15) is 4.79 Å². The van der Waals surface area contributed by atoms with Crippen molar-refractivity contribution in [2.75, 3.05) is 0 Å². The number of nitrogens with one attached hydrogen (secondary N) is 1. The van der Waals surface area contributed by atoms with E-state index in [4.69, 9.17) is 5.26 Å². The van der Waals surface area contributed by atoms with E-state index in [1.165, 1.54) is 16.9 Å². The van der Waals surface area contributed by atoms with Gasteiger partial charge in [0, 0.05) is 11.1 Å². The number of nitrogens with zero attached hydrogens (tertiary/aromatic N) is 3. The molecule has 2 aromatic carbocycles. The van der Waals surface area contributed by atoms with Crippen LogP contribution in [0, 0.1) is 18.3 Å². The van der Waals surface area contributed by atoms with Crippen LogP contribution in [0.2, 0.25) is 0 Å². The molecule has 0 radical (unpaired) electrons. The fourth-order valence-electron chi connectivity index (χ4n) is 2.36. The molecular weight excluding hydrogens is 332 g/mol. The van der Waals surface area contributed by atoms with Crippen molar-refractivity contribution in [3.05, 3.63) is 70.3 Å². The smallest absolute Gasteiger partial charge is 0.254 e. The summed E-state index contributed by atoms with van der Waals surface area (Å²) in [6, 6.07) is 19.9. The minimum atomic E-state index is -0.424. The number of para-hydroxylation sites is 1. The molecule has 1 heterocycles. The molecule has 0 unspecified atom stereocenters. The number of carbonyl (C=O) groups excluding carboxylic acids is 1. The van der Waals surface area contributed by atoms with Gasteiger partial charge in [0.15, 0.2) is 0 Å². The number of hydrogen-bond acceptors (Lipinski definition) is 4. The van der Waals surface area contributed by atoms with E-state index in [1.54, 1.807) is 0 Å². The van der Waals surface area contributed by atoms with E-state index in [2.05, 4.69) is 34.8 Å². The predicted octanol–water partition coefficient (Wildman–Crippen LogP) is 3.36. The lowest BCUT2D eigenvalue weighted by atomic mass is 10.1. The summed E-state index contributed by atoms with van der Waals surface area (Å²) in [6.45, 7) is 2.05. The molecule has 6 heteroatoms. The maximum absolute atomic E-state index is 11.5. The Labute approximate surface area is 149 Å². The Morgan fingerprint density at radius 2 is 1.92 bits per heavy atom. The molecular formula is C19H16N4OS. The zero-order valence-electron chi connectivity index (χ0n) is 13.6. The number of aromatic nitrogens is 1. The Morgan fingerprint density at radius 1 is 1.20 bits per heavy atom. The lowest BCUT2D eigenvalue weighted by Crippen LogP contribution is -2.23. The first-order valence-corrected chi connectivity index (χ1v) is 8.59. The molecule has 3 rings (SSSR count). The predicted molar refractivity (Wildman–Crippen MR) is 97.8 cm³/mol. The van der Waals surface area contributed by atoms with Gasteiger partial charge in [0.1, 0.15) is 6.42 Å². The van der Waals surface area contributed by atoms with Crippen LogP contribution in [0.1, 0.15) is 12.0 Å². The van der Waals surface area contributed by atoms with Crippen LogP contribution in [0.25, 0.3) is 16.9 Å². The van der Waals surface area contributed by atoms with Gasteiger partial charge in [0.25, 0.3) is 5.91 Å². The summed E-state index contributed by atoms with van der Waals surface area (Å²) < 4.78 is 1.99. The number of carbonyl (C=O) groups is 1. The molecule has 1 aromatic heterocycles. The first-order chi connectivity index (χ1) is 12.2. The Morgan fingerprint density at radius 3 is 2.60 bits per heavy atom. The van der Waals surface area contributed by atoms with Crippen molar-refractivity contribution in [2.24, 2.45) is 5.10 Å². The van der Waals surface area contributed by atoms with Crippen molar-refractivity contribution in [2.45, 2.75) is 13.3 Å². The molecule has 1 N–H and O–H groups in total. The van der Waals surface area contributed by atoms with Gasteiger partial charge in [0.2, 0.25) is 4.80 Å². The van der Waals surface area contributed by atoms with Crippen LogP contribution in [0.3, 0.4) is 0 Å². The molecule has 0 aliphatic rings. The normalized spacial score (nSPS) is 11.1. The zero-order chi connectivity index (χ0) is 17.6. The highest BCUT2D eigenvalue weighted by Gasteiger charge is 2.10. The molecule has 0 fully saturated rings. The molecule has 0 atom stereocenters. The van der Waals surface area contributed by atoms with E-state index in [0.29, 0.717) is 4.80 Å². The number of rotatable bonds is 4. The summed E-state index contributed by atoms with van der Waals surface area (Å²) in [4.78, 5) is 12.2. The summed E-state index contributed by atoms with van der Waals surface area (Å²) in [5.74, 6) is -0.424. The number of nitriles is 1. The van der Waals surface area contributed by atoms with Crippen LogP contribution in [-0.4, -0.2) is 10.5 Å². The molecule has 0 saturated carbocycles. The number of aryl methyl sites for hydroxylation is 1. The van der Waals surface area contributed by atoms with Crippen molar-refractivity contribution in [3.8, 4) is 23.0 Å². The van der Waals surface area contributed by atoms with Crippen LogP contribution in [0.15, 0.2) is 65.1 Å². The van der Waals surface area contributed by atoms with Gasteiger partial charge in [-0.2, -0.15) is 5.26 Å². The van der Waals surface area contributed by atoms with E-state index in [0.717, 1.165) is 16.9 Å². The molecule has 0 aliphatic heterocycles. The molecule has 5 nitrogen and oxygen atoms in total. The summed E-state index contributed by atoms with van der Waals surface area (Å²) in [6.07, 6.45) is -0.217. The molecule has 0 spiro atoms. The SMILES string of the molecule is Cc1ccc(-c2cs/c(=N\NC(=O)CC#N)n2-c2ccccc2)cc1. The minimum Gasteiger partial charge on any atom is -0.284 e. The van der Waals surface area contributed by atoms with Crippen molar-refractivity contribution in [1.82, 2.24) is 9.99 Å². The third-order valence-electron chi connectivity index (χ3n) is 3.59. The van der Waals surface area contributed by atoms with Gasteiger partial charge in [-0.3, -0.25) is 9.36 Å². The van der Waals surface area contributed by atoms with E-state index in [1.807, 2.05) is 53.3 Å². The minimum absolute atomic E-state index is 0.217. The summed E-state index contributed by atoms with van der Waals surface area (Å²) in [5, 5.41) is 14.8. The second kappa shape index (κ2) is 7.60. The largest absolute Gasteiger partial charge is 0.284 e. The van der Waals surface area contributed by atoms with Crippen molar-refractivity contribution in [1.29, 1.82) is 5.26 Å². The highest BCUT2D eigenvalue weighted by atomic mass is 32.1. The topological polar surface area (TPSA) is 70.2 Å². The van der Waals surface area contributed by atoms with Crippen molar-refractivity contribution in [3.63, 3.8) is 0 Å². The summed E-state index contributed by atoms with van der Waals surface area (Å²) >= 11 is 1.43. The monoisotopic (exact) mass is 348 g/mol. The fourth-order valence-corrected chi connectivity index (χ4v) is 3.23. The van der Waals surface area contributed by atoms with Crippen LogP contribution in [-0.2, 0) is 4.79 Å². The quantitative estimate of drug-likeness (QED) is 0.735. The third-order valence-corrected chi connectivity index (χ3v) is 4.41. The van der Waals surface area contributed by atoms with E-state index in [-0.39, 0.29) is 6.42 Å². The summed E-state index contributed by atoms with van der Waals surface area (Å²) in [5.41, 5.74) is 6.64. The van der Waals surface area contributed by atoms with Gasteiger partial charge in [-0.05, 0) is 24.6 Å². The highest BCUT2D eigenvalue weighted by Crippen LogP contribution is 2.23. The number of hydrogen-bond donors (Lipinski definition) is 1. The second-order valence-corrected chi connectivity index (χ2v) is 6.26. The Kier molecular flexibility index (Phi) is 5.07. The first-order valence-electron chi connectivity index (χ1n) is 7.71. The molecule has 124 valence electrons. The Hall–Kier alpha value is -3.17. The number of benzene rings is 2. The fraction of sp³-hybridized carbons (Fsp3) is 0.105. The van der Waals surface area contributed by atoms with Gasteiger partial charge in [-0.25, -0.2) is 5.43 Å². The Bertz CT molecular complexity index is 979. The first kappa shape index (κ1) is 16.7. The van der Waals surface area contributed by atoms with Gasteiger partial charge < -0.3 is 0 Å². The molecule has 0 bridgehead atoms. The molecule has 0 aliphatic carbocycles. The second-order valence-electron chi connectivity index (χ2n) is 5.42. The van der Waals surface area contributed by atoms with Gasteiger partial charge in [0.05, 0.1) is 11.8 Å². The average Bonchev–Trinajstić information content (AvgIpc) is 3.05. The zero-order valence-corrected chi connectivity index (χ0v) is 14.5. The number of amides is 1. The standard InChI is InChI=1S/C19H16N4OS/c1-14-7-9-15(10-8-14)17-13-25-19(22-21-18(24)11-12-20)23(17)16-5-3-2-4-6-16/h2-10,13H,11H2,1H3,(H,21,24)/b22-19-. The van der Waals surface area contributed by atoms with Crippen LogP contribution >= 0.6 is 11.3 Å². The van der Waals surface area contributed by atoms with Gasteiger partial charge in [-0.1, -0.05) is 48.0 Å². The van der Waals surface area contributed by atoms with Crippen LogP contribution in [0.5, 0.6) is 0 Å². The lowest BCUT2D eigenvalue weighted by molar-refractivity contribution is -0.120. The van der Waals surface area contributed by atoms with E-state index >= 15 is 0 Å². The maximum Gasteiger partial charge on any atom is 0.254 e. The lowest BCUT2D eigenvalue weighted by Gasteiger charge is -2.09. The van der Waals surface area contributed by atoms with Crippen molar-refractivity contribution >= 4 is 17.2 Å². The maximum atomic E-state index is 11.5. The number of thiazole rings is 1. The van der Waals surface area contributed by atoms with Crippen molar-refractivity contribution < 1.29 is 4.79 Å². The highest BCUT2D eigenvalue weighted by molar-refractivity contribution is 7.07. The molecule has 0 saturated heterocycles. The Balaban J connectivity index is 2.11. The van der Waals surface area contributed by atoms with Crippen LogP contribution in [0.4, 0.5) is 0 Å². The molecule has 3 aromatic rings. The average molecular weight is 348 g/mol. The third kappa shape index (κ3) is 3.84. The van der Waals surface area contributed by atoms with Gasteiger partial charge >= 0.3 is 0 Å². The van der Waals surface area contributed by atoms with E-state index < -0.39 is 5.91 Å². The molecule has 1 amide bonds. The van der Waals surface area contributed by atoms with Crippen LogP contribution < -0.4 is 10.2 Å². The summed E-state index contributed by atoms with van der Waals surface area (Å²) in [7, 11) is 0. The molecule has 25 heavy (non-hydrogen) atoms.